The third-order valence-corrected chi connectivity index (χ3v) is 3.09. The van der Waals surface area contributed by atoms with Crippen LogP contribution in [0, 0.1) is 11.3 Å². The fraction of sp³-hybridized carbons (Fsp3) is 0.286. The molecule has 3 aromatic rings. The first-order valence-corrected chi connectivity index (χ1v) is 6.70. The summed E-state index contributed by atoms with van der Waals surface area (Å²) < 4.78 is 3.56. The third-order valence-electron chi connectivity index (χ3n) is 3.09. The average molecular weight is 281 g/mol. The maximum absolute atomic E-state index is 8.86. The predicted octanol–water partition coefficient (Wildman–Crippen LogP) is 1.28. The Morgan fingerprint density at radius 3 is 2.95 bits per heavy atom. The molecule has 0 aromatic carbocycles. The van der Waals surface area contributed by atoms with Crippen LogP contribution in [-0.4, -0.2) is 30.2 Å². The van der Waals surface area contributed by atoms with Crippen LogP contribution in [0.4, 0.5) is 0 Å². The molecule has 1 N–H and O–H groups in total. The fourth-order valence-electron chi connectivity index (χ4n) is 2.10. The Morgan fingerprint density at radius 1 is 1.38 bits per heavy atom. The van der Waals surface area contributed by atoms with Crippen molar-refractivity contribution in [2.24, 2.45) is 0 Å². The summed E-state index contributed by atoms with van der Waals surface area (Å²) in [6, 6.07) is 8.12. The van der Waals surface area contributed by atoms with Crippen LogP contribution >= 0.6 is 0 Å². The van der Waals surface area contributed by atoms with E-state index >= 15 is 0 Å². The monoisotopic (exact) mass is 281 g/mol. The summed E-state index contributed by atoms with van der Waals surface area (Å²) in [5.41, 5.74) is 1.82. The Bertz CT molecular complexity index is 806. The molecule has 7 heteroatoms. The molecule has 0 spiro atoms. The van der Waals surface area contributed by atoms with E-state index in [1.54, 1.807) is 4.68 Å². The summed E-state index contributed by atoms with van der Waals surface area (Å²) in [6.07, 6.45) is 3.48. The van der Waals surface area contributed by atoms with E-state index in [1.165, 1.54) is 6.33 Å². The van der Waals surface area contributed by atoms with Gasteiger partial charge >= 0.3 is 0 Å². The van der Waals surface area contributed by atoms with E-state index in [0.29, 0.717) is 18.4 Å². The van der Waals surface area contributed by atoms with E-state index in [0.717, 1.165) is 11.3 Å². The first-order chi connectivity index (χ1) is 10.2. The molecule has 0 saturated carbocycles. The number of hydrogen-bond donors (Lipinski definition) is 1. The molecule has 0 bridgehead atoms. The van der Waals surface area contributed by atoms with Crippen molar-refractivity contribution >= 4 is 5.65 Å². The molecule has 0 aliphatic carbocycles. The van der Waals surface area contributed by atoms with Gasteiger partial charge in [-0.3, -0.25) is 0 Å². The number of nitrogens with one attached hydrogen (secondary N) is 1. The van der Waals surface area contributed by atoms with Crippen LogP contribution in [0.25, 0.3) is 11.5 Å². The summed E-state index contributed by atoms with van der Waals surface area (Å²) in [5.74, 6) is 0.818. The van der Waals surface area contributed by atoms with E-state index in [-0.39, 0.29) is 5.82 Å². The normalized spacial score (nSPS) is 11.1. The first kappa shape index (κ1) is 13.3. The van der Waals surface area contributed by atoms with Crippen LogP contribution in [0.3, 0.4) is 0 Å². The van der Waals surface area contributed by atoms with Gasteiger partial charge in [0, 0.05) is 18.8 Å². The Hall–Kier alpha value is -2.72. The van der Waals surface area contributed by atoms with Crippen LogP contribution in [-0.2, 0) is 6.54 Å². The number of hydrogen-bond acceptors (Lipinski definition) is 5. The van der Waals surface area contributed by atoms with Crippen LogP contribution in [0.15, 0.2) is 30.7 Å². The second-order valence-electron chi connectivity index (χ2n) is 4.97. The highest BCUT2D eigenvalue weighted by Crippen LogP contribution is 2.16. The van der Waals surface area contributed by atoms with Gasteiger partial charge in [0.25, 0.3) is 5.82 Å². The van der Waals surface area contributed by atoms with E-state index < -0.39 is 0 Å². The smallest absolute Gasteiger partial charge is 0.252 e. The molecule has 0 radical (unpaired) electrons. The highest BCUT2D eigenvalue weighted by Gasteiger charge is 2.15. The van der Waals surface area contributed by atoms with Gasteiger partial charge in [0.2, 0.25) is 0 Å². The molecule has 0 aliphatic rings. The van der Waals surface area contributed by atoms with Gasteiger partial charge in [-0.25, -0.2) is 9.97 Å². The number of rotatable bonds is 4. The summed E-state index contributed by atoms with van der Waals surface area (Å²) in [7, 11) is 0. The third kappa shape index (κ3) is 2.49. The molecule has 0 aliphatic heterocycles. The molecule has 0 fully saturated rings. The number of pyridine rings is 1. The van der Waals surface area contributed by atoms with Gasteiger partial charge < -0.3 is 9.72 Å². The van der Waals surface area contributed by atoms with Crippen molar-refractivity contribution in [1.82, 2.24) is 29.5 Å². The number of nitrogens with zero attached hydrogens (tertiary/aromatic N) is 6. The number of fused-ring (bicyclic) bond motifs is 1. The molecule has 0 saturated heterocycles. The quantitative estimate of drug-likeness (QED) is 0.779. The molecular weight excluding hydrogens is 266 g/mol. The molecule has 0 unspecified atom stereocenters. The van der Waals surface area contributed by atoms with Crippen LogP contribution in [0.5, 0.6) is 0 Å². The van der Waals surface area contributed by atoms with Crippen molar-refractivity contribution < 1.29 is 0 Å². The Kier molecular flexibility index (Phi) is 3.38. The van der Waals surface area contributed by atoms with Gasteiger partial charge in [-0.1, -0.05) is 19.9 Å². The maximum atomic E-state index is 8.86. The molecule has 3 rings (SSSR count). The summed E-state index contributed by atoms with van der Waals surface area (Å²) in [4.78, 5) is 8.52. The van der Waals surface area contributed by atoms with Crippen molar-refractivity contribution in [3.05, 3.63) is 42.2 Å². The van der Waals surface area contributed by atoms with Gasteiger partial charge in [-0.05, 0) is 12.1 Å². The van der Waals surface area contributed by atoms with E-state index in [9.17, 15) is 0 Å². The summed E-state index contributed by atoms with van der Waals surface area (Å²) in [6.45, 7) is 4.83. The van der Waals surface area contributed by atoms with Gasteiger partial charge in [0.15, 0.2) is 5.82 Å². The molecular formula is C14H15N7. The van der Waals surface area contributed by atoms with Crippen LogP contribution in [0.2, 0.25) is 0 Å². The number of imidazole rings is 1. The van der Waals surface area contributed by atoms with Gasteiger partial charge in [0.1, 0.15) is 18.0 Å². The number of nitriles is 1. The zero-order chi connectivity index (χ0) is 14.8. The maximum Gasteiger partial charge on any atom is 0.252 e. The topological polar surface area (TPSA) is 83.8 Å². The first-order valence-electron chi connectivity index (χ1n) is 6.70. The Labute approximate surface area is 121 Å². The van der Waals surface area contributed by atoms with Gasteiger partial charge in [-0.15, -0.1) is 5.10 Å². The molecule has 3 heterocycles. The lowest BCUT2D eigenvalue weighted by molar-refractivity contribution is 0.576. The highest BCUT2D eigenvalue weighted by atomic mass is 15.4. The molecule has 0 atom stereocenters. The zero-order valence-corrected chi connectivity index (χ0v) is 11.9. The van der Waals surface area contributed by atoms with Crippen molar-refractivity contribution in [3.63, 3.8) is 0 Å². The Morgan fingerprint density at radius 2 is 2.24 bits per heavy atom. The van der Waals surface area contributed by atoms with Crippen molar-refractivity contribution in [1.29, 1.82) is 5.26 Å². The van der Waals surface area contributed by atoms with E-state index in [4.69, 9.17) is 5.26 Å². The SMILES string of the molecule is CC(C)NCc1c(-n2cnc(C#N)n2)nc2ccccn12. The van der Waals surface area contributed by atoms with Crippen molar-refractivity contribution in [2.75, 3.05) is 0 Å². The van der Waals surface area contributed by atoms with Crippen LogP contribution in [0.1, 0.15) is 25.4 Å². The second kappa shape index (κ2) is 5.34. The lowest BCUT2D eigenvalue weighted by Crippen LogP contribution is -2.23. The fourth-order valence-corrected chi connectivity index (χ4v) is 2.10. The Balaban J connectivity index is 2.11. The lowest BCUT2D eigenvalue weighted by atomic mass is 10.3. The van der Waals surface area contributed by atoms with Gasteiger partial charge in [-0.2, -0.15) is 9.94 Å². The molecule has 21 heavy (non-hydrogen) atoms. The average Bonchev–Trinajstić information content (AvgIpc) is 3.09. The van der Waals surface area contributed by atoms with Crippen molar-refractivity contribution in [3.8, 4) is 11.9 Å². The standard InChI is InChI=1S/C14H15N7/c1-10(2)16-8-11-14(21-9-17-12(7-15)19-21)18-13-5-3-4-6-20(11)13/h3-6,9-10,16H,8H2,1-2H3. The highest BCUT2D eigenvalue weighted by molar-refractivity contribution is 5.48. The summed E-state index contributed by atoms with van der Waals surface area (Å²) in [5, 5.41) is 16.4. The minimum atomic E-state index is 0.134. The zero-order valence-electron chi connectivity index (χ0n) is 11.9. The predicted molar refractivity (Wildman–Crippen MR) is 76.8 cm³/mol. The number of aromatic nitrogens is 5. The van der Waals surface area contributed by atoms with Crippen LogP contribution < -0.4 is 5.32 Å². The van der Waals surface area contributed by atoms with E-state index in [2.05, 4.69) is 34.2 Å². The molecule has 0 amide bonds. The second-order valence-corrected chi connectivity index (χ2v) is 4.97. The largest absolute Gasteiger partial charge is 0.309 e. The van der Waals surface area contributed by atoms with E-state index in [1.807, 2.05) is 34.9 Å². The molecule has 7 nitrogen and oxygen atoms in total. The lowest BCUT2D eigenvalue weighted by Gasteiger charge is -2.09. The van der Waals surface area contributed by atoms with Crippen molar-refractivity contribution in [2.45, 2.75) is 26.4 Å². The minimum absolute atomic E-state index is 0.134. The minimum Gasteiger partial charge on any atom is -0.309 e. The molecule has 3 aromatic heterocycles. The van der Waals surface area contributed by atoms with Gasteiger partial charge in [0.05, 0.1) is 5.69 Å². The molecule has 106 valence electrons. The summed E-state index contributed by atoms with van der Waals surface area (Å²) >= 11 is 0.